The molecule has 0 spiro atoms. The third-order valence-electron chi connectivity index (χ3n) is 2.36. The van der Waals surface area contributed by atoms with E-state index in [9.17, 15) is 8.42 Å². The molecule has 0 aromatic rings. The number of allylic oxidation sites excluding steroid dienone is 2. The summed E-state index contributed by atoms with van der Waals surface area (Å²) in [6.45, 7) is 8.48. The van der Waals surface area contributed by atoms with Crippen molar-refractivity contribution in [2.24, 2.45) is 11.3 Å². The van der Waals surface area contributed by atoms with Crippen molar-refractivity contribution in [2.45, 2.75) is 34.1 Å². The summed E-state index contributed by atoms with van der Waals surface area (Å²) in [5.74, 6) is 0.212. The number of rotatable bonds is 5. The molecule has 0 aliphatic rings. The molecule has 0 bridgehead atoms. The van der Waals surface area contributed by atoms with E-state index in [4.69, 9.17) is 4.18 Å². The van der Waals surface area contributed by atoms with Gasteiger partial charge in [0.25, 0.3) is 10.1 Å². The van der Waals surface area contributed by atoms with Crippen LogP contribution in [0.3, 0.4) is 0 Å². The van der Waals surface area contributed by atoms with Crippen LogP contribution in [0, 0.1) is 11.3 Å². The SMILES string of the molecule is C/C=C\CC(COS(C)(=O)=O)C(C)(C)C. The molecule has 0 aromatic heterocycles. The van der Waals surface area contributed by atoms with Crippen molar-refractivity contribution in [2.75, 3.05) is 12.9 Å². The van der Waals surface area contributed by atoms with Crippen molar-refractivity contribution >= 4 is 10.1 Å². The van der Waals surface area contributed by atoms with E-state index < -0.39 is 10.1 Å². The lowest BCUT2D eigenvalue weighted by Crippen LogP contribution is -2.26. The van der Waals surface area contributed by atoms with Gasteiger partial charge in [0, 0.05) is 0 Å². The molecule has 0 amide bonds. The van der Waals surface area contributed by atoms with Crippen LogP contribution in [-0.4, -0.2) is 21.3 Å². The summed E-state index contributed by atoms with van der Waals surface area (Å²) >= 11 is 0. The topological polar surface area (TPSA) is 43.4 Å². The highest BCUT2D eigenvalue weighted by Crippen LogP contribution is 2.29. The lowest BCUT2D eigenvalue weighted by molar-refractivity contribution is 0.153. The second-order valence-electron chi connectivity index (χ2n) is 4.86. The lowest BCUT2D eigenvalue weighted by Gasteiger charge is -2.29. The number of hydrogen-bond acceptors (Lipinski definition) is 3. The Labute approximate surface area is 93.6 Å². The van der Waals surface area contributed by atoms with Gasteiger partial charge in [-0.3, -0.25) is 4.18 Å². The van der Waals surface area contributed by atoms with E-state index in [1.54, 1.807) is 0 Å². The summed E-state index contributed by atoms with van der Waals surface area (Å²) in [7, 11) is -3.33. The van der Waals surface area contributed by atoms with Crippen molar-refractivity contribution in [1.29, 1.82) is 0 Å². The predicted molar refractivity (Wildman–Crippen MR) is 63.2 cm³/mol. The molecular formula is C11H22O3S. The molecule has 0 aromatic carbocycles. The standard InChI is InChI=1S/C11H22O3S/c1-6-7-8-10(11(2,3)4)9-14-15(5,12)13/h6-7,10H,8-9H2,1-5H3/b7-6-. The van der Waals surface area contributed by atoms with Gasteiger partial charge in [-0.05, 0) is 24.7 Å². The van der Waals surface area contributed by atoms with Crippen molar-refractivity contribution in [3.05, 3.63) is 12.2 Å². The van der Waals surface area contributed by atoms with Gasteiger partial charge in [-0.1, -0.05) is 32.9 Å². The molecule has 0 aliphatic carbocycles. The molecule has 0 N–H and O–H groups in total. The fraction of sp³-hybridized carbons (Fsp3) is 0.818. The highest BCUT2D eigenvalue weighted by atomic mass is 32.2. The molecule has 0 fully saturated rings. The summed E-state index contributed by atoms with van der Waals surface area (Å²) < 4.78 is 26.6. The molecule has 4 heteroatoms. The first-order valence-electron chi connectivity index (χ1n) is 5.12. The Morgan fingerprint density at radius 2 is 1.87 bits per heavy atom. The molecule has 90 valence electrons. The van der Waals surface area contributed by atoms with E-state index in [0.717, 1.165) is 12.7 Å². The fourth-order valence-corrected chi connectivity index (χ4v) is 1.59. The molecule has 0 aliphatic heterocycles. The Bertz CT molecular complexity index is 296. The third-order valence-corrected chi connectivity index (χ3v) is 2.93. The minimum atomic E-state index is -3.33. The largest absolute Gasteiger partial charge is 0.270 e. The Morgan fingerprint density at radius 3 is 2.20 bits per heavy atom. The maximum Gasteiger partial charge on any atom is 0.264 e. The van der Waals surface area contributed by atoms with E-state index in [0.29, 0.717) is 0 Å². The van der Waals surface area contributed by atoms with E-state index in [2.05, 4.69) is 20.8 Å². The molecular weight excluding hydrogens is 212 g/mol. The van der Waals surface area contributed by atoms with Crippen molar-refractivity contribution < 1.29 is 12.6 Å². The van der Waals surface area contributed by atoms with Gasteiger partial charge in [-0.2, -0.15) is 8.42 Å². The van der Waals surface area contributed by atoms with Gasteiger partial charge in [0.2, 0.25) is 0 Å². The Hall–Kier alpha value is -0.350. The first-order valence-corrected chi connectivity index (χ1v) is 6.94. The van der Waals surface area contributed by atoms with Gasteiger partial charge in [-0.15, -0.1) is 0 Å². The zero-order valence-corrected chi connectivity index (χ0v) is 11.1. The summed E-state index contributed by atoms with van der Waals surface area (Å²) in [5, 5.41) is 0. The van der Waals surface area contributed by atoms with E-state index in [1.165, 1.54) is 0 Å². The first-order chi connectivity index (χ1) is 6.67. The lowest BCUT2D eigenvalue weighted by atomic mass is 9.79. The van der Waals surface area contributed by atoms with Gasteiger partial charge in [0.05, 0.1) is 12.9 Å². The average Bonchev–Trinajstić information content (AvgIpc) is 1.99. The minimum absolute atomic E-state index is 0.0458. The first kappa shape index (κ1) is 14.6. The molecule has 0 radical (unpaired) electrons. The van der Waals surface area contributed by atoms with Crippen LogP contribution in [0.15, 0.2) is 12.2 Å². The monoisotopic (exact) mass is 234 g/mol. The zero-order valence-electron chi connectivity index (χ0n) is 10.3. The van der Waals surface area contributed by atoms with Crippen molar-refractivity contribution in [3.8, 4) is 0 Å². The second kappa shape index (κ2) is 5.66. The smallest absolute Gasteiger partial charge is 0.264 e. The quantitative estimate of drug-likeness (QED) is 0.542. The van der Waals surface area contributed by atoms with Crippen LogP contribution in [0.4, 0.5) is 0 Å². The molecule has 0 heterocycles. The van der Waals surface area contributed by atoms with Gasteiger partial charge in [0.15, 0.2) is 0 Å². The molecule has 1 atom stereocenters. The molecule has 3 nitrogen and oxygen atoms in total. The van der Waals surface area contributed by atoms with Gasteiger partial charge >= 0.3 is 0 Å². The fourth-order valence-electron chi connectivity index (χ4n) is 1.18. The van der Waals surface area contributed by atoms with Gasteiger partial charge in [-0.25, -0.2) is 0 Å². The molecule has 0 rings (SSSR count). The molecule has 15 heavy (non-hydrogen) atoms. The van der Waals surface area contributed by atoms with E-state index >= 15 is 0 Å². The Morgan fingerprint density at radius 1 is 1.33 bits per heavy atom. The third kappa shape index (κ3) is 7.56. The molecule has 0 saturated heterocycles. The summed E-state index contributed by atoms with van der Waals surface area (Å²) in [6, 6.07) is 0. The zero-order chi connectivity index (χ0) is 12.1. The van der Waals surface area contributed by atoms with Crippen LogP contribution in [0.5, 0.6) is 0 Å². The van der Waals surface area contributed by atoms with Crippen LogP contribution in [-0.2, 0) is 14.3 Å². The number of hydrogen-bond donors (Lipinski definition) is 0. The van der Waals surface area contributed by atoms with E-state index in [1.807, 2.05) is 19.1 Å². The Kier molecular flexibility index (Phi) is 5.53. The average molecular weight is 234 g/mol. The van der Waals surface area contributed by atoms with E-state index in [-0.39, 0.29) is 17.9 Å². The van der Waals surface area contributed by atoms with Crippen LogP contribution >= 0.6 is 0 Å². The van der Waals surface area contributed by atoms with Crippen LogP contribution < -0.4 is 0 Å². The molecule has 0 saturated carbocycles. The van der Waals surface area contributed by atoms with Crippen molar-refractivity contribution in [3.63, 3.8) is 0 Å². The van der Waals surface area contributed by atoms with Gasteiger partial charge < -0.3 is 0 Å². The van der Waals surface area contributed by atoms with Crippen LogP contribution in [0.25, 0.3) is 0 Å². The van der Waals surface area contributed by atoms with Crippen LogP contribution in [0.1, 0.15) is 34.1 Å². The van der Waals surface area contributed by atoms with Crippen LogP contribution in [0.2, 0.25) is 0 Å². The summed E-state index contributed by atoms with van der Waals surface area (Å²) in [6.07, 6.45) is 5.94. The van der Waals surface area contributed by atoms with Gasteiger partial charge in [0.1, 0.15) is 0 Å². The summed E-state index contributed by atoms with van der Waals surface area (Å²) in [5.41, 5.74) is 0.0458. The molecule has 1 unspecified atom stereocenters. The normalized spacial score (nSPS) is 15.8. The second-order valence-corrected chi connectivity index (χ2v) is 6.50. The predicted octanol–water partition coefficient (Wildman–Crippen LogP) is 2.59. The Balaban J connectivity index is 4.39. The highest BCUT2D eigenvalue weighted by molar-refractivity contribution is 7.85. The summed E-state index contributed by atoms with van der Waals surface area (Å²) in [4.78, 5) is 0. The highest BCUT2D eigenvalue weighted by Gasteiger charge is 2.24. The maximum absolute atomic E-state index is 10.9. The minimum Gasteiger partial charge on any atom is -0.270 e. The maximum atomic E-state index is 10.9. The van der Waals surface area contributed by atoms with Crippen molar-refractivity contribution in [1.82, 2.24) is 0 Å².